The summed E-state index contributed by atoms with van der Waals surface area (Å²) in [6.07, 6.45) is 2.04. The number of nitrogens with zero attached hydrogens (tertiary/aromatic N) is 1. The molecule has 1 heterocycles. The second kappa shape index (κ2) is 7.60. The number of ether oxygens (including phenoxy) is 2. The number of benzene rings is 2. The molecule has 3 rings (SSSR count). The molecule has 4 nitrogen and oxygen atoms in total. The van der Waals surface area contributed by atoms with E-state index in [1.165, 1.54) is 16.7 Å². The molecule has 1 amide bonds. The summed E-state index contributed by atoms with van der Waals surface area (Å²) in [5, 5.41) is 0. The molecule has 0 aromatic heterocycles. The molecular formula is C21H25NO3. The molecule has 1 aliphatic rings. The lowest BCUT2D eigenvalue weighted by atomic mass is 9.99. The molecule has 0 aliphatic carbocycles. The Bertz CT molecular complexity index is 736. The number of rotatable bonds is 5. The molecule has 0 radical (unpaired) electrons. The summed E-state index contributed by atoms with van der Waals surface area (Å²) < 4.78 is 10.9. The van der Waals surface area contributed by atoms with E-state index in [0.717, 1.165) is 25.1 Å². The van der Waals surface area contributed by atoms with Gasteiger partial charge in [-0.2, -0.15) is 0 Å². The van der Waals surface area contributed by atoms with Crippen molar-refractivity contribution in [1.82, 2.24) is 4.90 Å². The van der Waals surface area contributed by atoms with Gasteiger partial charge in [0.1, 0.15) is 11.5 Å². The largest absolute Gasteiger partial charge is 0.497 e. The number of carbonyl (C=O) groups is 1. The number of likely N-dealkylation sites (tertiary alicyclic amines) is 1. The van der Waals surface area contributed by atoms with Crippen LogP contribution in [-0.4, -0.2) is 31.1 Å². The van der Waals surface area contributed by atoms with Crippen LogP contribution in [0.5, 0.6) is 11.5 Å². The van der Waals surface area contributed by atoms with Gasteiger partial charge in [0.2, 0.25) is 0 Å². The van der Waals surface area contributed by atoms with E-state index >= 15 is 0 Å². The molecule has 4 heteroatoms. The van der Waals surface area contributed by atoms with Crippen LogP contribution < -0.4 is 9.47 Å². The van der Waals surface area contributed by atoms with Gasteiger partial charge in [-0.3, -0.25) is 4.79 Å². The van der Waals surface area contributed by atoms with E-state index in [-0.39, 0.29) is 18.6 Å². The van der Waals surface area contributed by atoms with Crippen LogP contribution in [0.25, 0.3) is 0 Å². The summed E-state index contributed by atoms with van der Waals surface area (Å²) in [5.74, 6) is 1.40. The van der Waals surface area contributed by atoms with Crippen molar-refractivity contribution in [3.05, 3.63) is 59.2 Å². The Morgan fingerprint density at radius 2 is 1.84 bits per heavy atom. The maximum Gasteiger partial charge on any atom is 0.261 e. The lowest BCUT2D eigenvalue weighted by Crippen LogP contribution is -2.34. The molecule has 1 fully saturated rings. The standard InChI is InChI=1S/C21H25NO3/c1-15-10-16(2)12-17(11-15)20-8-5-9-22(20)21(23)14-25-19-7-4-6-18(13-19)24-3/h4,6-7,10-13,20H,5,8-9,14H2,1-3H3. The van der Waals surface area contributed by atoms with E-state index in [4.69, 9.17) is 9.47 Å². The molecule has 0 bridgehead atoms. The van der Waals surface area contributed by atoms with Gasteiger partial charge in [0.15, 0.2) is 6.61 Å². The fourth-order valence-corrected chi connectivity index (χ4v) is 3.53. The average molecular weight is 339 g/mol. The van der Waals surface area contributed by atoms with E-state index in [2.05, 4.69) is 32.0 Å². The zero-order chi connectivity index (χ0) is 17.8. The zero-order valence-corrected chi connectivity index (χ0v) is 15.1. The number of hydrogen-bond acceptors (Lipinski definition) is 3. The normalized spacial score (nSPS) is 16.8. The predicted molar refractivity (Wildman–Crippen MR) is 98.1 cm³/mol. The molecular weight excluding hydrogens is 314 g/mol. The van der Waals surface area contributed by atoms with Crippen LogP contribution in [0.2, 0.25) is 0 Å². The van der Waals surface area contributed by atoms with E-state index in [0.29, 0.717) is 5.75 Å². The van der Waals surface area contributed by atoms with Gasteiger partial charge in [-0.05, 0) is 44.4 Å². The van der Waals surface area contributed by atoms with Crippen molar-refractivity contribution in [2.24, 2.45) is 0 Å². The van der Waals surface area contributed by atoms with Crippen molar-refractivity contribution >= 4 is 5.91 Å². The van der Waals surface area contributed by atoms with Gasteiger partial charge < -0.3 is 14.4 Å². The van der Waals surface area contributed by atoms with Crippen molar-refractivity contribution in [1.29, 1.82) is 0 Å². The molecule has 132 valence electrons. The Labute approximate surface area is 149 Å². The molecule has 2 aromatic rings. The smallest absolute Gasteiger partial charge is 0.261 e. The average Bonchev–Trinajstić information content (AvgIpc) is 3.09. The summed E-state index contributed by atoms with van der Waals surface area (Å²) in [6, 6.07) is 14.0. The van der Waals surface area contributed by atoms with Crippen LogP contribution in [0.4, 0.5) is 0 Å². The minimum Gasteiger partial charge on any atom is -0.497 e. The summed E-state index contributed by atoms with van der Waals surface area (Å²) in [4.78, 5) is 14.6. The van der Waals surface area contributed by atoms with Crippen LogP contribution in [-0.2, 0) is 4.79 Å². The predicted octanol–water partition coefficient (Wildman–Crippen LogP) is 4.05. The number of hydrogen-bond donors (Lipinski definition) is 0. The first kappa shape index (κ1) is 17.3. The lowest BCUT2D eigenvalue weighted by Gasteiger charge is -2.25. The summed E-state index contributed by atoms with van der Waals surface area (Å²) in [7, 11) is 1.61. The fraction of sp³-hybridized carbons (Fsp3) is 0.381. The third-order valence-corrected chi connectivity index (χ3v) is 4.61. The quantitative estimate of drug-likeness (QED) is 0.825. The van der Waals surface area contributed by atoms with Crippen molar-refractivity contribution in [3.63, 3.8) is 0 Å². The minimum absolute atomic E-state index is 0.0319. The highest BCUT2D eigenvalue weighted by atomic mass is 16.5. The highest BCUT2D eigenvalue weighted by Crippen LogP contribution is 2.33. The van der Waals surface area contributed by atoms with Crippen LogP contribution in [0.1, 0.15) is 35.6 Å². The van der Waals surface area contributed by atoms with Gasteiger partial charge >= 0.3 is 0 Å². The first-order chi connectivity index (χ1) is 12.1. The Morgan fingerprint density at radius 1 is 1.12 bits per heavy atom. The van der Waals surface area contributed by atoms with Crippen molar-refractivity contribution < 1.29 is 14.3 Å². The van der Waals surface area contributed by atoms with E-state index in [9.17, 15) is 4.79 Å². The zero-order valence-electron chi connectivity index (χ0n) is 15.1. The van der Waals surface area contributed by atoms with Gasteiger partial charge in [-0.15, -0.1) is 0 Å². The third-order valence-electron chi connectivity index (χ3n) is 4.61. The van der Waals surface area contributed by atoms with Gasteiger partial charge in [-0.1, -0.05) is 35.4 Å². The molecule has 0 spiro atoms. The number of carbonyl (C=O) groups excluding carboxylic acids is 1. The van der Waals surface area contributed by atoms with Crippen molar-refractivity contribution in [2.75, 3.05) is 20.3 Å². The SMILES string of the molecule is COc1cccc(OCC(=O)N2CCCC2c2cc(C)cc(C)c2)c1. The van der Waals surface area contributed by atoms with E-state index in [1.54, 1.807) is 13.2 Å². The number of amides is 1. The molecule has 1 aliphatic heterocycles. The molecule has 1 saturated heterocycles. The highest BCUT2D eigenvalue weighted by molar-refractivity contribution is 5.78. The molecule has 2 aromatic carbocycles. The minimum atomic E-state index is 0.0319. The molecule has 0 N–H and O–H groups in total. The summed E-state index contributed by atoms with van der Waals surface area (Å²) >= 11 is 0. The van der Waals surface area contributed by atoms with Gasteiger partial charge in [-0.25, -0.2) is 0 Å². The first-order valence-electron chi connectivity index (χ1n) is 8.71. The Morgan fingerprint density at radius 3 is 2.56 bits per heavy atom. The lowest BCUT2D eigenvalue weighted by molar-refractivity contribution is -0.134. The number of methoxy groups -OCH3 is 1. The first-order valence-corrected chi connectivity index (χ1v) is 8.71. The molecule has 1 unspecified atom stereocenters. The molecule has 25 heavy (non-hydrogen) atoms. The third kappa shape index (κ3) is 4.13. The maximum atomic E-state index is 12.7. The Kier molecular flexibility index (Phi) is 5.27. The topological polar surface area (TPSA) is 38.8 Å². The van der Waals surface area contributed by atoms with Gasteiger partial charge in [0.25, 0.3) is 5.91 Å². The highest BCUT2D eigenvalue weighted by Gasteiger charge is 2.30. The van der Waals surface area contributed by atoms with Crippen LogP contribution in [0.15, 0.2) is 42.5 Å². The van der Waals surface area contributed by atoms with Crippen LogP contribution >= 0.6 is 0 Å². The molecule has 0 saturated carbocycles. The number of aryl methyl sites for hydroxylation is 2. The molecule has 1 atom stereocenters. The van der Waals surface area contributed by atoms with Gasteiger partial charge in [0, 0.05) is 12.6 Å². The second-order valence-corrected chi connectivity index (χ2v) is 6.63. The van der Waals surface area contributed by atoms with Gasteiger partial charge in [0.05, 0.1) is 13.2 Å². The Hall–Kier alpha value is -2.49. The van der Waals surface area contributed by atoms with E-state index in [1.807, 2.05) is 23.1 Å². The van der Waals surface area contributed by atoms with Crippen LogP contribution in [0, 0.1) is 13.8 Å². The fourth-order valence-electron chi connectivity index (χ4n) is 3.53. The van der Waals surface area contributed by atoms with Crippen molar-refractivity contribution in [3.8, 4) is 11.5 Å². The maximum absolute atomic E-state index is 12.7. The Balaban J connectivity index is 1.68. The summed E-state index contributed by atoms with van der Waals surface area (Å²) in [6.45, 7) is 5.04. The second-order valence-electron chi connectivity index (χ2n) is 6.63. The van der Waals surface area contributed by atoms with Crippen LogP contribution in [0.3, 0.4) is 0 Å². The summed E-state index contributed by atoms with van der Waals surface area (Å²) in [5.41, 5.74) is 3.70. The van der Waals surface area contributed by atoms with Crippen molar-refractivity contribution in [2.45, 2.75) is 32.7 Å². The van der Waals surface area contributed by atoms with E-state index < -0.39 is 0 Å². The monoisotopic (exact) mass is 339 g/mol.